The Morgan fingerprint density at radius 3 is 2.08 bits per heavy atom. The number of cyclic esters (lactones) is 1. The number of likely N-dealkylation sites (N-methyl/N-ethyl adjacent to an activating group) is 1. The molecule has 0 bridgehead atoms. The van der Waals surface area contributed by atoms with Crippen molar-refractivity contribution in [2.24, 2.45) is 29.6 Å². The van der Waals surface area contributed by atoms with E-state index in [2.05, 4.69) is 25.0 Å². The van der Waals surface area contributed by atoms with E-state index in [-0.39, 0.29) is 30.5 Å². The molecule has 13 heteroatoms. The minimum Gasteiger partial charge on any atom is -0.462 e. The van der Waals surface area contributed by atoms with Crippen molar-refractivity contribution in [3.63, 3.8) is 0 Å². The van der Waals surface area contributed by atoms with Gasteiger partial charge in [0, 0.05) is 49.7 Å². The van der Waals surface area contributed by atoms with Crippen LogP contribution in [0.1, 0.15) is 101 Å². The fourth-order valence-electron chi connectivity index (χ4n) is 8.74. The molecular formula is C39H73NO11Si. The van der Waals surface area contributed by atoms with E-state index in [1.807, 2.05) is 41.7 Å². The van der Waals surface area contributed by atoms with Crippen LogP contribution in [-0.4, -0.2) is 117 Å². The molecule has 3 aliphatic heterocycles. The van der Waals surface area contributed by atoms with Gasteiger partial charge in [0.05, 0.1) is 47.6 Å². The highest BCUT2D eigenvalue weighted by atomic mass is 28.4. The number of esters is 1. The molecule has 304 valence electrons. The Hall–Kier alpha value is -1.00. The number of ether oxygens (including phenoxy) is 6. The lowest BCUT2D eigenvalue weighted by molar-refractivity contribution is -0.304. The van der Waals surface area contributed by atoms with Crippen molar-refractivity contribution in [2.75, 3.05) is 14.2 Å². The Balaban J connectivity index is 2.19. The lowest BCUT2D eigenvalue weighted by Crippen LogP contribution is -2.61. The van der Waals surface area contributed by atoms with Gasteiger partial charge in [0.1, 0.15) is 18.0 Å². The number of hydrogen-bond acceptors (Lipinski definition) is 12. The van der Waals surface area contributed by atoms with Crippen molar-refractivity contribution in [1.29, 1.82) is 0 Å². The third-order valence-corrected chi connectivity index (χ3v) is 12.7. The molecule has 0 amide bonds. The van der Waals surface area contributed by atoms with Crippen LogP contribution in [0.5, 0.6) is 0 Å². The van der Waals surface area contributed by atoms with Crippen LogP contribution in [0.4, 0.5) is 0 Å². The summed E-state index contributed by atoms with van der Waals surface area (Å²) in [5.74, 6) is -4.09. The normalized spacial score (nSPS) is 46.4. The van der Waals surface area contributed by atoms with Gasteiger partial charge in [0.25, 0.3) is 0 Å². The first-order valence-electron chi connectivity index (χ1n) is 19.6. The van der Waals surface area contributed by atoms with Gasteiger partial charge in [0.15, 0.2) is 20.9 Å². The van der Waals surface area contributed by atoms with Crippen LogP contribution >= 0.6 is 0 Å². The molecule has 52 heavy (non-hydrogen) atoms. The van der Waals surface area contributed by atoms with Crippen molar-refractivity contribution in [3.05, 3.63) is 0 Å². The highest BCUT2D eigenvalue weighted by molar-refractivity contribution is 6.69. The Morgan fingerprint density at radius 2 is 1.52 bits per heavy atom. The average molecular weight is 760 g/mol. The molecule has 0 unspecified atom stereocenters. The summed E-state index contributed by atoms with van der Waals surface area (Å²) in [6.07, 6.45) is -3.75. The number of aliphatic hydroxyl groups is 2. The van der Waals surface area contributed by atoms with Crippen LogP contribution in [0.3, 0.4) is 0 Å². The van der Waals surface area contributed by atoms with Crippen molar-refractivity contribution < 1.29 is 52.6 Å². The maximum atomic E-state index is 14.2. The summed E-state index contributed by atoms with van der Waals surface area (Å²) in [7, 11) is 1.44. The molecule has 0 aromatic heterocycles. The van der Waals surface area contributed by atoms with E-state index in [1.54, 1.807) is 41.7 Å². The quantitative estimate of drug-likeness (QED) is 0.209. The van der Waals surface area contributed by atoms with Crippen molar-refractivity contribution >= 4 is 20.1 Å². The number of methoxy groups -OCH3 is 1. The van der Waals surface area contributed by atoms with E-state index in [0.29, 0.717) is 25.7 Å². The average Bonchev–Trinajstić information content (AvgIpc) is 3.05. The van der Waals surface area contributed by atoms with E-state index in [0.717, 1.165) is 0 Å². The van der Waals surface area contributed by atoms with Gasteiger partial charge in [-0.3, -0.25) is 9.59 Å². The monoisotopic (exact) mass is 759 g/mol. The number of hydrogen-bond donors (Lipinski definition) is 3. The lowest BCUT2D eigenvalue weighted by atomic mass is 9.74. The van der Waals surface area contributed by atoms with Crippen molar-refractivity contribution in [1.82, 2.24) is 5.32 Å². The summed E-state index contributed by atoms with van der Waals surface area (Å²) >= 11 is 0. The Bertz CT molecular complexity index is 1170. The van der Waals surface area contributed by atoms with Crippen LogP contribution in [0.2, 0.25) is 19.6 Å². The van der Waals surface area contributed by atoms with E-state index in [4.69, 9.17) is 32.8 Å². The summed E-state index contributed by atoms with van der Waals surface area (Å²) in [5.41, 5.74) is -2.14. The highest BCUT2D eigenvalue weighted by Gasteiger charge is 2.51. The second kappa shape index (κ2) is 18.3. The van der Waals surface area contributed by atoms with E-state index >= 15 is 0 Å². The second-order valence-corrected chi connectivity index (χ2v) is 22.2. The zero-order valence-electron chi connectivity index (χ0n) is 34.8. The molecule has 3 saturated heterocycles. The molecule has 0 radical (unpaired) electrons. The largest absolute Gasteiger partial charge is 0.462 e. The first kappa shape index (κ1) is 45.4. The minimum atomic E-state index is -2.12. The lowest BCUT2D eigenvalue weighted by Gasteiger charge is -2.49. The van der Waals surface area contributed by atoms with Crippen molar-refractivity contribution in [2.45, 2.75) is 194 Å². The molecule has 17 atom stereocenters. The highest BCUT2D eigenvalue weighted by Crippen LogP contribution is 2.40. The SMILES string of the molecule is CC[C@@H]1OC(=O)[C@H](C)[C@@H](O[C@H]2C[C@@](C)(OC)C[C@H](C)O2)[C@H](C)[C@@H](O[C@@H]2O[C@H](C)C[C@H](NC)[C@H]2O[Si](C)(C)C)[C@](C)(O)C[C@@H](C)C(=O)[C@@H](C)[C@@H](O)[C@H]1C. The predicted octanol–water partition coefficient (Wildman–Crippen LogP) is 5.22. The van der Waals surface area contributed by atoms with E-state index < -0.39 is 98.2 Å². The maximum absolute atomic E-state index is 14.2. The molecule has 3 fully saturated rings. The van der Waals surface area contributed by atoms with Gasteiger partial charge in [0.2, 0.25) is 0 Å². The van der Waals surface area contributed by atoms with Gasteiger partial charge in [-0.2, -0.15) is 0 Å². The molecule has 0 aromatic rings. The molecular weight excluding hydrogens is 687 g/mol. The third-order valence-electron chi connectivity index (χ3n) is 11.7. The summed E-state index contributed by atoms with van der Waals surface area (Å²) in [5, 5.41) is 27.4. The molecule has 12 nitrogen and oxygen atoms in total. The number of carbonyl (C=O) groups excluding carboxylic acids is 2. The van der Waals surface area contributed by atoms with Gasteiger partial charge in [-0.25, -0.2) is 0 Å². The Morgan fingerprint density at radius 1 is 0.885 bits per heavy atom. The third kappa shape index (κ3) is 11.3. The summed E-state index contributed by atoms with van der Waals surface area (Å²) < 4.78 is 45.4. The van der Waals surface area contributed by atoms with Gasteiger partial charge in [-0.15, -0.1) is 0 Å². The number of aliphatic hydroxyl groups excluding tert-OH is 1. The first-order valence-corrected chi connectivity index (χ1v) is 23.0. The topological polar surface area (TPSA) is 151 Å². The number of ketones is 1. The van der Waals surface area contributed by atoms with Gasteiger partial charge in [-0.05, 0) is 80.6 Å². The summed E-state index contributed by atoms with van der Waals surface area (Å²) in [4.78, 5) is 28.1. The smallest absolute Gasteiger partial charge is 0.311 e. The van der Waals surface area contributed by atoms with Crippen LogP contribution < -0.4 is 5.32 Å². The standard InChI is InChI=1S/C39H73NO11Si/c1-16-29-24(5)32(42)25(6)31(41)21(2)18-39(10,44)35(50-37-34(51-52(13,14)15)28(40-11)17-22(3)47-37)26(7)33(27(8)36(43)48-29)49-30-20-38(9,45-12)19-23(4)46-30/h21-30,32-35,37,40,42,44H,16-20H2,1-15H3/t21-,22-,23+,24+,25-,26+,27-,28+,29+,30+,32+,33+,34-,35-,37+,38+,39-/m1/s1. The Kier molecular flexibility index (Phi) is 16.0. The molecule has 3 heterocycles. The summed E-state index contributed by atoms with van der Waals surface area (Å²) in [6.45, 7) is 24.8. The first-order chi connectivity index (χ1) is 24.0. The fraction of sp³-hybridized carbons (Fsp3) is 0.949. The number of carbonyl (C=O) groups is 2. The van der Waals surface area contributed by atoms with E-state index in [1.165, 1.54) is 0 Å². The number of rotatable bonds is 9. The van der Waals surface area contributed by atoms with Crippen LogP contribution in [0.25, 0.3) is 0 Å². The Labute approximate surface area is 314 Å². The zero-order chi connectivity index (χ0) is 39.5. The molecule has 0 saturated carbocycles. The molecule has 0 spiro atoms. The minimum absolute atomic E-state index is 0.0328. The van der Waals surface area contributed by atoms with Gasteiger partial charge >= 0.3 is 5.97 Å². The van der Waals surface area contributed by atoms with Gasteiger partial charge in [-0.1, -0.05) is 34.6 Å². The fourth-order valence-corrected chi connectivity index (χ4v) is 9.83. The van der Waals surface area contributed by atoms with Crippen LogP contribution in [0, 0.1) is 29.6 Å². The number of Topliss-reactive ketones (excluding diaryl/α,β-unsaturated/α-hetero) is 1. The predicted molar refractivity (Wildman–Crippen MR) is 201 cm³/mol. The van der Waals surface area contributed by atoms with Crippen LogP contribution in [0.15, 0.2) is 0 Å². The molecule has 0 aromatic carbocycles. The number of nitrogens with one attached hydrogen (secondary N) is 1. The molecule has 3 rings (SSSR count). The van der Waals surface area contributed by atoms with Gasteiger partial charge < -0.3 is 48.4 Å². The second-order valence-electron chi connectivity index (χ2n) is 17.8. The molecule has 3 aliphatic rings. The van der Waals surface area contributed by atoms with Crippen molar-refractivity contribution in [3.8, 4) is 0 Å². The van der Waals surface area contributed by atoms with Crippen LogP contribution in [-0.2, 0) is 42.4 Å². The van der Waals surface area contributed by atoms with E-state index in [9.17, 15) is 19.8 Å². The maximum Gasteiger partial charge on any atom is 0.311 e. The zero-order valence-corrected chi connectivity index (χ0v) is 35.8. The summed E-state index contributed by atoms with van der Waals surface area (Å²) in [6, 6.07) is -0.0835. The molecule has 0 aliphatic carbocycles. The molecule has 3 N–H and O–H groups in total.